The molecule has 0 saturated carbocycles. The number of anilines is 1. The molecule has 7 nitrogen and oxygen atoms in total. The number of nitrogens with one attached hydrogen (secondary N) is 1. The van der Waals surface area contributed by atoms with Crippen LogP contribution in [0, 0.1) is 0 Å². The normalized spacial score (nSPS) is 19.8. The van der Waals surface area contributed by atoms with Gasteiger partial charge in [0.1, 0.15) is 0 Å². The Morgan fingerprint density at radius 2 is 2.03 bits per heavy atom. The number of rotatable bonds is 3. The highest BCUT2D eigenvalue weighted by atomic mass is 32.1. The molecule has 8 heteroatoms. The van der Waals surface area contributed by atoms with E-state index >= 15 is 0 Å². The van der Waals surface area contributed by atoms with Crippen LogP contribution >= 0.6 is 11.3 Å². The van der Waals surface area contributed by atoms with E-state index in [1.165, 1.54) is 11.3 Å². The Balaban J connectivity index is 1.62. The monoisotopic (exact) mass is 407 g/mol. The summed E-state index contributed by atoms with van der Waals surface area (Å²) in [5.41, 5.74) is 2.04. The highest BCUT2D eigenvalue weighted by Gasteiger charge is 2.43. The van der Waals surface area contributed by atoms with Crippen LogP contribution in [0.1, 0.15) is 33.4 Å². The van der Waals surface area contributed by atoms with Crippen LogP contribution in [0.2, 0.25) is 0 Å². The predicted octanol–water partition coefficient (Wildman–Crippen LogP) is 3.42. The lowest BCUT2D eigenvalue weighted by atomic mass is 9.79. The van der Waals surface area contributed by atoms with Crippen LogP contribution in [0.5, 0.6) is 11.5 Å². The first kappa shape index (κ1) is 17.7. The van der Waals surface area contributed by atoms with Gasteiger partial charge in [0.05, 0.1) is 12.0 Å². The van der Waals surface area contributed by atoms with Crippen LogP contribution in [0.4, 0.5) is 5.13 Å². The van der Waals surface area contributed by atoms with E-state index in [0.717, 1.165) is 5.56 Å². The Hall–Kier alpha value is -3.39. The van der Waals surface area contributed by atoms with Crippen molar-refractivity contribution in [3.05, 3.63) is 70.7 Å². The molecule has 3 heterocycles. The van der Waals surface area contributed by atoms with Crippen molar-refractivity contribution in [3.63, 3.8) is 0 Å². The number of benzene rings is 2. The second kappa shape index (κ2) is 6.89. The van der Waals surface area contributed by atoms with Gasteiger partial charge in [-0.1, -0.05) is 24.3 Å². The highest BCUT2D eigenvalue weighted by Crippen LogP contribution is 2.45. The number of hydrogen-bond acceptors (Lipinski definition) is 6. The lowest BCUT2D eigenvalue weighted by Gasteiger charge is -2.39. The summed E-state index contributed by atoms with van der Waals surface area (Å²) in [7, 11) is 1.72. The van der Waals surface area contributed by atoms with Gasteiger partial charge in [0.15, 0.2) is 16.6 Å². The average Bonchev–Trinajstić information content (AvgIpc) is 3.41. The van der Waals surface area contributed by atoms with Crippen molar-refractivity contribution < 1.29 is 19.1 Å². The molecule has 29 heavy (non-hydrogen) atoms. The molecule has 0 unspecified atom stereocenters. The Morgan fingerprint density at radius 3 is 2.86 bits per heavy atom. The average molecular weight is 407 g/mol. The summed E-state index contributed by atoms with van der Waals surface area (Å²) >= 11 is 1.35. The molecule has 0 bridgehead atoms. The first-order valence-electron chi connectivity index (χ1n) is 9.09. The van der Waals surface area contributed by atoms with Crippen molar-refractivity contribution in [2.75, 3.05) is 19.2 Å². The number of carbonyl (C=O) groups excluding carboxylic acids is 2. The van der Waals surface area contributed by atoms with Crippen molar-refractivity contribution in [2.45, 2.75) is 12.0 Å². The SMILES string of the molecule is CN1C(=O)c2ccccc2[C@@H](C(=O)Nc2nccs2)[C@@H]1c1ccc2c(c1)OCO2. The van der Waals surface area contributed by atoms with Crippen LogP contribution in [0.25, 0.3) is 0 Å². The summed E-state index contributed by atoms with van der Waals surface area (Å²) in [6, 6.07) is 12.3. The molecule has 146 valence electrons. The highest BCUT2D eigenvalue weighted by molar-refractivity contribution is 7.13. The lowest BCUT2D eigenvalue weighted by Crippen LogP contribution is -2.44. The molecule has 0 fully saturated rings. The third-order valence-electron chi connectivity index (χ3n) is 5.26. The Labute approximate surface area is 170 Å². The molecule has 1 N–H and O–H groups in total. The van der Waals surface area contributed by atoms with Crippen molar-refractivity contribution in [3.8, 4) is 11.5 Å². The Morgan fingerprint density at radius 1 is 1.21 bits per heavy atom. The van der Waals surface area contributed by atoms with Crippen LogP contribution in [-0.2, 0) is 4.79 Å². The summed E-state index contributed by atoms with van der Waals surface area (Å²) in [5.74, 6) is 0.332. The van der Waals surface area contributed by atoms with Gasteiger partial charge in [-0.2, -0.15) is 0 Å². The number of carbonyl (C=O) groups is 2. The second-order valence-corrected chi connectivity index (χ2v) is 7.76. The molecule has 1 aromatic heterocycles. The summed E-state index contributed by atoms with van der Waals surface area (Å²) in [4.78, 5) is 32.2. The van der Waals surface area contributed by atoms with E-state index in [1.807, 2.05) is 30.3 Å². The van der Waals surface area contributed by atoms with E-state index in [2.05, 4.69) is 10.3 Å². The number of fused-ring (bicyclic) bond motifs is 2. The fourth-order valence-corrected chi connectivity index (χ4v) is 4.47. The molecule has 2 amide bonds. The quantitative estimate of drug-likeness (QED) is 0.720. The maximum Gasteiger partial charge on any atom is 0.254 e. The Kier molecular flexibility index (Phi) is 4.21. The molecule has 0 saturated heterocycles. The third kappa shape index (κ3) is 2.92. The van der Waals surface area contributed by atoms with Gasteiger partial charge in [0.25, 0.3) is 5.91 Å². The topological polar surface area (TPSA) is 80.8 Å². The summed E-state index contributed by atoms with van der Waals surface area (Å²) in [6.45, 7) is 0.162. The fraction of sp³-hybridized carbons (Fsp3) is 0.190. The standard InChI is InChI=1S/C21H17N3O4S/c1-24-18(12-6-7-15-16(10-12)28-11-27-15)17(19(25)23-21-22-8-9-29-21)13-4-2-3-5-14(13)20(24)26/h2-10,17-18H,11H2,1H3,(H,22,23,25)/t17-,18+/m1/s1. The number of ether oxygens (including phenoxy) is 2. The van der Waals surface area contributed by atoms with E-state index in [-0.39, 0.29) is 18.6 Å². The molecule has 0 spiro atoms. The third-order valence-corrected chi connectivity index (χ3v) is 5.95. The second-order valence-electron chi connectivity index (χ2n) is 6.87. The lowest BCUT2D eigenvalue weighted by molar-refractivity contribution is -0.119. The van der Waals surface area contributed by atoms with E-state index in [0.29, 0.717) is 27.8 Å². The van der Waals surface area contributed by atoms with E-state index in [1.54, 1.807) is 35.7 Å². The molecule has 2 aliphatic rings. The summed E-state index contributed by atoms with van der Waals surface area (Å²) in [6.07, 6.45) is 1.64. The summed E-state index contributed by atoms with van der Waals surface area (Å²) in [5, 5.41) is 5.22. The van der Waals surface area contributed by atoms with Crippen molar-refractivity contribution in [2.24, 2.45) is 0 Å². The smallest absolute Gasteiger partial charge is 0.254 e. The number of amides is 2. The minimum atomic E-state index is -0.599. The van der Waals surface area contributed by atoms with E-state index in [9.17, 15) is 9.59 Å². The van der Waals surface area contributed by atoms with Crippen molar-refractivity contribution in [1.82, 2.24) is 9.88 Å². The minimum Gasteiger partial charge on any atom is -0.454 e. The fourth-order valence-electron chi connectivity index (χ4n) is 3.94. The van der Waals surface area contributed by atoms with Gasteiger partial charge in [0, 0.05) is 24.2 Å². The molecule has 2 atom stereocenters. The van der Waals surface area contributed by atoms with Gasteiger partial charge in [-0.05, 0) is 29.3 Å². The zero-order chi connectivity index (χ0) is 20.0. The molecule has 3 aromatic rings. The number of likely N-dealkylation sites (N-methyl/N-ethyl adjacent to an activating group) is 1. The predicted molar refractivity (Wildman–Crippen MR) is 107 cm³/mol. The van der Waals surface area contributed by atoms with Crippen molar-refractivity contribution in [1.29, 1.82) is 0 Å². The Bertz CT molecular complexity index is 1100. The van der Waals surface area contributed by atoms with Crippen LogP contribution in [0.3, 0.4) is 0 Å². The zero-order valence-corrected chi connectivity index (χ0v) is 16.3. The van der Waals surface area contributed by atoms with Gasteiger partial charge in [-0.15, -0.1) is 11.3 Å². The first-order valence-corrected chi connectivity index (χ1v) is 9.97. The largest absolute Gasteiger partial charge is 0.454 e. The van der Waals surface area contributed by atoms with Crippen molar-refractivity contribution >= 4 is 28.3 Å². The molecule has 2 aliphatic heterocycles. The van der Waals surface area contributed by atoms with Gasteiger partial charge in [-0.3, -0.25) is 9.59 Å². The number of nitrogens with zero attached hydrogens (tertiary/aromatic N) is 2. The number of hydrogen-bond donors (Lipinski definition) is 1. The van der Waals surface area contributed by atoms with Gasteiger partial charge >= 0.3 is 0 Å². The molecule has 2 aromatic carbocycles. The molecule has 5 rings (SSSR count). The molecule has 0 aliphatic carbocycles. The molecule has 0 radical (unpaired) electrons. The zero-order valence-electron chi connectivity index (χ0n) is 15.5. The maximum atomic E-state index is 13.4. The maximum absolute atomic E-state index is 13.4. The van der Waals surface area contributed by atoms with Gasteiger partial charge < -0.3 is 19.7 Å². The minimum absolute atomic E-state index is 0.124. The van der Waals surface area contributed by atoms with E-state index in [4.69, 9.17) is 9.47 Å². The number of thiazole rings is 1. The van der Waals surface area contributed by atoms with Gasteiger partial charge in [0.2, 0.25) is 12.7 Å². The van der Waals surface area contributed by atoms with Crippen LogP contribution in [0.15, 0.2) is 54.0 Å². The number of aromatic nitrogens is 1. The molecular weight excluding hydrogens is 390 g/mol. The first-order chi connectivity index (χ1) is 14.1. The van der Waals surface area contributed by atoms with Crippen LogP contribution in [-0.4, -0.2) is 35.5 Å². The van der Waals surface area contributed by atoms with Gasteiger partial charge in [-0.25, -0.2) is 4.98 Å². The van der Waals surface area contributed by atoms with Crippen LogP contribution < -0.4 is 14.8 Å². The van der Waals surface area contributed by atoms with E-state index < -0.39 is 12.0 Å². The summed E-state index contributed by atoms with van der Waals surface area (Å²) < 4.78 is 10.9. The molecular formula is C21H17N3O4S.